The Morgan fingerprint density at radius 3 is 2.56 bits per heavy atom. The van der Waals surface area contributed by atoms with Gasteiger partial charge in [0.2, 0.25) is 5.91 Å². The number of carbonyl (C=O) groups is 1. The number of carbonyl (C=O) groups excluding carboxylic acids is 1. The summed E-state index contributed by atoms with van der Waals surface area (Å²) in [6.07, 6.45) is 0. The van der Waals surface area contributed by atoms with Crippen molar-refractivity contribution in [1.82, 2.24) is 5.32 Å². The van der Waals surface area contributed by atoms with Gasteiger partial charge in [0.05, 0.1) is 5.25 Å². The Kier molecular flexibility index (Phi) is 4.87. The van der Waals surface area contributed by atoms with Gasteiger partial charge in [-0.05, 0) is 24.0 Å². The van der Waals surface area contributed by atoms with Gasteiger partial charge in [-0.3, -0.25) is 4.79 Å². The van der Waals surface area contributed by atoms with Crippen LogP contribution in [0.4, 0.5) is 0 Å². The lowest BCUT2D eigenvalue weighted by atomic mass is 10.1. The lowest BCUT2D eigenvalue weighted by Crippen LogP contribution is -2.34. The average molecular weight is 237 g/mol. The Bertz CT molecular complexity index is 363. The molecule has 1 amide bonds. The van der Waals surface area contributed by atoms with E-state index < -0.39 is 0 Å². The molecular formula is C13H19NOS. The molecule has 2 nitrogen and oxygen atoms in total. The van der Waals surface area contributed by atoms with E-state index in [2.05, 4.69) is 17.9 Å². The third-order valence-electron chi connectivity index (χ3n) is 2.61. The van der Waals surface area contributed by atoms with Crippen LogP contribution < -0.4 is 5.32 Å². The minimum Gasteiger partial charge on any atom is -0.351 e. The van der Waals surface area contributed by atoms with E-state index in [0.29, 0.717) is 6.54 Å². The minimum atomic E-state index is -0.232. The van der Waals surface area contributed by atoms with E-state index >= 15 is 0 Å². The van der Waals surface area contributed by atoms with Crippen molar-refractivity contribution >= 4 is 18.5 Å². The summed E-state index contributed by atoms with van der Waals surface area (Å²) < 4.78 is 0. The molecular weight excluding hydrogens is 218 g/mol. The second-order valence-corrected chi connectivity index (χ2v) is 4.89. The molecule has 0 heterocycles. The van der Waals surface area contributed by atoms with Crippen LogP contribution in [0, 0.1) is 12.8 Å². The Balaban J connectivity index is 2.52. The zero-order valence-electron chi connectivity index (χ0n) is 10.0. The molecule has 3 heteroatoms. The zero-order chi connectivity index (χ0) is 12.1. The number of rotatable bonds is 4. The average Bonchev–Trinajstić information content (AvgIpc) is 2.26. The van der Waals surface area contributed by atoms with Crippen LogP contribution in [0.15, 0.2) is 24.3 Å². The van der Waals surface area contributed by atoms with Crippen molar-refractivity contribution < 1.29 is 4.79 Å². The van der Waals surface area contributed by atoms with Gasteiger partial charge in [0.1, 0.15) is 0 Å². The molecule has 16 heavy (non-hydrogen) atoms. The molecule has 0 spiro atoms. The summed E-state index contributed by atoms with van der Waals surface area (Å²) in [4.78, 5) is 11.7. The number of benzene rings is 1. The molecule has 0 saturated heterocycles. The van der Waals surface area contributed by atoms with Crippen molar-refractivity contribution in [3.8, 4) is 0 Å². The first kappa shape index (κ1) is 13.1. The standard InChI is InChI=1S/C13H19NOS/c1-9(2)12(16)13(15)14-8-11-7-5-4-6-10(11)3/h4-7,9,12,16H,8H2,1-3H3,(H,14,15). The first-order chi connectivity index (χ1) is 7.52. The van der Waals surface area contributed by atoms with Crippen molar-refractivity contribution in [2.24, 2.45) is 5.92 Å². The van der Waals surface area contributed by atoms with Crippen molar-refractivity contribution in [2.45, 2.75) is 32.6 Å². The van der Waals surface area contributed by atoms with Gasteiger partial charge >= 0.3 is 0 Å². The second-order valence-electron chi connectivity index (χ2n) is 4.33. The fourth-order valence-corrected chi connectivity index (χ4v) is 1.49. The highest BCUT2D eigenvalue weighted by Gasteiger charge is 2.16. The minimum absolute atomic E-state index is 0.00147. The highest BCUT2D eigenvalue weighted by molar-refractivity contribution is 7.81. The summed E-state index contributed by atoms with van der Waals surface area (Å²) >= 11 is 4.28. The molecule has 0 radical (unpaired) electrons. The highest BCUT2D eigenvalue weighted by Crippen LogP contribution is 2.10. The Labute approximate surface area is 103 Å². The molecule has 1 unspecified atom stereocenters. The van der Waals surface area contributed by atoms with Crippen LogP contribution in [0.25, 0.3) is 0 Å². The quantitative estimate of drug-likeness (QED) is 0.774. The Morgan fingerprint density at radius 2 is 2.00 bits per heavy atom. The van der Waals surface area contributed by atoms with Crippen molar-refractivity contribution in [3.63, 3.8) is 0 Å². The van der Waals surface area contributed by atoms with E-state index in [9.17, 15) is 4.79 Å². The third-order valence-corrected chi connectivity index (χ3v) is 3.45. The maximum absolute atomic E-state index is 11.7. The second kappa shape index (κ2) is 5.94. The smallest absolute Gasteiger partial charge is 0.233 e. The normalized spacial score (nSPS) is 12.6. The summed E-state index contributed by atoms with van der Waals surface area (Å²) in [5.41, 5.74) is 2.35. The van der Waals surface area contributed by atoms with Crippen LogP contribution in [0.3, 0.4) is 0 Å². The number of nitrogens with one attached hydrogen (secondary N) is 1. The monoisotopic (exact) mass is 237 g/mol. The van der Waals surface area contributed by atoms with E-state index in [-0.39, 0.29) is 17.1 Å². The van der Waals surface area contributed by atoms with E-state index in [0.717, 1.165) is 5.56 Å². The van der Waals surface area contributed by atoms with E-state index in [1.54, 1.807) is 0 Å². The maximum Gasteiger partial charge on any atom is 0.233 e. The lowest BCUT2D eigenvalue weighted by molar-refractivity contribution is -0.121. The summed E-state index contributed by atoms with van der Waals surface area (Å²) in [7, 11) is 0. The van der Waals surface area contributed by atoms with Gasteiger partial charge < -0.3 is 5.32 Å². The maximum atomic E-state index is 11.7. The fraction of sp³-hybridized carbons (Fsp3) is 0.462. The van der Waals surface area contributed by atoms with E-state index in [4.69, 9.17) is 0 Å². The molecule has 1 rings (SSSR count). The van der Waals surface area contributed by atoms with Crippen LogP contribution in [0.1, 0.15) is 25.0 Å². The first-order valence-electron chi connectivity index (χ1n) is 5.52. The number of aryl methyl sites for hydroxylation is 1. The van der Waals surface area contributed by atoms with Gasteiger partial charge in [-0.25, -0.2) is 0 Å². The Morgan fingerprint density at radius 1 is 1.38 bits per heavy atom. The van der Waals surface area contributed by atoms with Crippen molar-refractivity contribution in [1.29, 1.82) is 0 Å². The van der Waals surface area contributed by atoms with Crippen molar-refractivity contribution in [2.75, 3.05) is 0 Å². The zero-order valence-corrected chi connectivity index (χ0v) is 10.9. The largest absolute Gasteiger partial charge is 0.351 e. The first-order valence-corrected chi connectivity index (χ1v) is 6.04. The molecule has 1 aromatic rings. The molecule has 1 N–H and O–H groups in total. The van der Waals surface area contributed by atoms with Gasteiger partial charge in [-0.2, -0.15) is 12.6 Å². The van der Waals surface area contributed by atoms with Gasteiger partial charge in [0.25, 0.3) is 0 Å². The van der Waals surface area contributed by atoms with Gasteiger partial charge in [0, 0.05) is 6.54 Å². The molecule has 88 valence electrons. The van der Waals surface area contributed by atoms with Crippen LogP contribution in [-0.2, 0) is 11.3 Å². The number of hydrogen-bond acceptors (Lipinski definition) is 2. The molecule has 0 aliphatic rings. The van der Waals surface area contributed by atoms with Gasteiger partial charge in [-0.15, -0.1) is 0 Å². The predicted molar refractivity (Wildman–Crippen MR) is 70.6 cm³/mol. The summed E-state index contributed by atoms with van der Waals surface area (Å²) in [6.45, 7) is 6.60. The molecule has 0 bridgehead atoms. The molecule has 0 aliphatic heterocycles. The number of thiol groups is 1. The van der Waals surface area contributed by atoms with E-state index in [1.807, 2.05) is 45.0 Å². The molecule has 0 aliphatic carbocycles. The summed E-state index contributed by atoms with van der Waals surface area (Å²) in [5, 5.41) is 2.67. The van der Waals surface area contributed by atoms with Crippen LogP contribution in [-0.4, -0.2) is 11.2 Å². The molecule has 1 atom stereocenters. The fourth-order valence-electron chi connectivity index (χ4n) is 1.40. The molecule has 1 aromatic carbocycles. The molecule has 0 aromatic heterocycles. The van der Waals surface area contributed by atoms with Crippen LogP contribution in [0.2, 0.25) is 0 Å². The third kappa shape index (κ3) is 3.56. The number of hydrogen-bond donors (Lipinski definition) is 2. The SMILES string of the molecule is Cc1ccccc1CNC(=O)C(S)C(C)C. The topological polar surface area (TPSA) is 29.1 Å². The van der Waals surface area contributed by atoms with Crippen LogP contribution >= 0.6 is 12.6 Å². The van der Waals surface area contributed by atoms with Crippen molar-refractivity contribution in [3.05, 3.63) is 35.4 Å². The summed E-state index contributed by atoms with van der Waals surface area (Å²) in [5.74, 6) is 0.252. The molecule has 0 saturated carbocycles. The lowest BCUT2D eigenvalue weighted by Gasteiger charge is -2.15. The number of amides is 1. The van der Waals surface area contributed by atoms with Crippen LogP contribution in [0.5, 0.6) is 0 Å². The van der Waals surface area contributed by atoms with E-state index in [1.165, 1.54) is 5.56 Å². The summed E-state index contributed by atoms with van der Waals surface area (Å²) in [6, 6.07) is 8.05. The van der Waals surface area contributed by atoms with Gasteiger partial charge in [0.15, 0.2) is 0 Å². The predicted octanol–water partition coefficient (Wildman–Crippen LogP) is 2.57. The highest BCUT2D eigenvalue weighted by atomic mass is 32.1. The molecule has 0 fully saturated rings. The Hall–Kier alpha value is -0.960. The van der Waals surface area contributed by atoms with Gasteiger partial charge in [-0.1, -0.05) is 38.1 Å².